The van der Waals surface area contributed by atoms with Crippen LogP contribution < -0.4 is 15.8 Å². The largest absolute Gasteiger partial charge is 0.481 e. The highest BCUT2D eigenvalue weighted by Crippen LogP contribution is 2.19. The lowest BCUT2D eigenvalue weighted by Gasteiger charge is -2.11. The Morgan fingerprint density at radius 3 is 2.95 bits per heavy atom. The van der Waals surface area contributed by atoms with Crippen molar-refractivity contribution >= 4 is 5.91 Å². The molecule has 0 spiro atoms. The average Bonchev–Trinajstić information content (AvgIpc) is 2.44. The Morgan fingerprint density at radius 2 is 2.35 bits per heavy atom. The minimum atomic E-state index is -0.504. The van der Waals surface area contributed by atoms with Crippen LogP contribution in [0, 0.1) is 18.2 Å². The normalized spacial score (nSPS) is 11.5. The fourth-order valence-electron chi connectivity index (χ4n) is 1.58. The van der Waals surface area contributed by atoms with Crippen LogP contribution in [0.5, 0.6) is 5.75 Å². The van der Waals surface area contributed by atoms with Gasteiger partial charge in [0.2, 0.25) is 0 Å². The molecule has 1 aromatic rings. The van der Waals surface area contributed by atoms with E-state index in [2.05, 4.69) is 11.2 Å². The molecule has 0 aromatic heterocycles. The van der Waals surface area contributed by atoms with Gasteiger partial charge in [-0.2, -0.15) is 0 Å². The van der Waals surface area contributed by atoms with Crippen LogP contribution in [0.1, 0.15) is 18.9 Å². The van der Waals surface area contributed by atoms with E-state index < -0.39 is 5.82 Å². The monoisotopic (exact) mass is 278 g/mol. The molecule has 4 nitrogen and oxygen atoms in total. The lowest BCUT2D eigenvalue weighted by Crippen LogP contribution is -2.29. The van der Waals surface area contributed by atoms with Gasteiger partial charge in [-0.25, -0.2) is 4.39 Å². The Labute approximate surface area is 118 Å². The second kappa shape index (κ2) is 8.18. The summed E-state index contributed by atoms with van der Waals surface area (Å²) in [6.07, 6.45) is 6.44. The first-order chi connectivity index (χ1) is 9.56. The van der Waals surface area contributed by atoms with Gasteiger partial charge in [-0.1, -0.05) is 18.9 Å². The summed E-state index contributed by atoms with van der Waals surface area (Å²) in [5.41, 5.74) is 6.62. The summed E-state index contributed by atoms with van der Waals surface area (Å²) in [6.45, 7) is 1.83. The number of benzene rings is 1. The molecule has 0 radical (unpaired) electrons. The molecular formula is C15H19FN2O2. The minimum Gasteiger partial charge on any atom is -0.481 e. The SMILES string of the molecule is C#CCNC(=O)COc1ccc(CC(N)CC)cc1F. The Morgan fingerprint density at radius 1 is 1.60 bits per heavy atom. The van der Waals surface area contributed by atoms with Gasteiger partial charge in [0.05, 0.1) is 6.54 Å². The van der Waals surface area contributed by atoms with Gasteiger partial charge in [0.15, 0.2) is 18.2 Å². The van der Waals surface area contributed by atoms with Crippen LogP contribution in [0.3, 0.4) is 0 Å². The van der Waals surface area contributed by atoms with Crippen molar-refractivity contribution in [3.8, 4) is 18.1 Å². The second-order valence-electron chi connectivity index (χ2n) is 4.41. The van der Waals surface area contributed by atoms with Crippen LogP contribution in [-0.4, -0.2) is 25.1 Å². The zero-order valence-corrected chi connectivity index (χ0v) is 11.5. The lowest BCUT2D eigenvalue weighted by molar-refractivity contribution is -0.122. The number of carbonyl (C=O) groups excluding carboxylic acids is 1. The predicted molar refractivity (Wildman–Crippen MR) is 75.7 cm³/mol. The summed E-state index contributed by atoms with van der Waals surface area (Å²) in [5.74, 6) is 1.41. The minimum absolute atomic E-state index is 0.00992. The molecule has 0 saturated heterocycles. The summed E-state index contributed by atoms with van der Waals surface area (Å²) in [5, 5.41) is 2.43. The van der Waals surface area contributed by atoms with Crippen LogP contribution >= 0.6 is 0 Å². The third kappa shape index (κ3) is 5.29. The van der Waals surface area contributed by atoms with Crippen molar-refractivity contribution in [2.24, 2.45) is 5.73 Å². The maximum atomic E-state index is 13.8. The van der Waals surface area contributed by atoms with Crippen molar-refractivity contribution in [1.82, 2.24) is 5.32 Å². The topological polar surface area (TPSA) is 64.3 Å². The zero-order chi connectivity index (χ0) is 15.0. The van der Waals surface area contributed by atoms with Gasteiger partial charge in [-0.05, 0) is 30.5 Å². The van der Waals surface area contributed by atoms with E-state index >= 15 is 0 Å². The Balaban J connectivity index is 2.56. The fourth-order valence-corrected chi connectivity index (χ4v) is 1.58. The highest BCUT2D eigenvalue weighted by atomic mass is 19.1. The van der Waals surface area contributed by atoms with E-state index in [-0.39, 0.29) is 30.9 Å². The molecule has 20 heavy (non-hydrogen) atoms. The van der Waals surface area contributed by atoms with Crippen molar-refractivity contribution in [1.29, 1.82) is 0 Å². The number of rotatable bonds is 7. The molecule has 1 unspecified atom stereocenters. The molecule has 1 atom stereocenters. The van der Waals surface area contributed by atoms with Crippen molar-refractivity contribution in [3.63, 3.8) is 0 Å². The Bertz CT molecular complexity index is 497. The number of hydrogen-bond acceptors (Lipinski definition) is 3. The molecule has 0 aliphatic heterocycles. The quantitative estimate of drug-likeness (QED) is 0.737. The van der Waals surface area contributed by atoms with E-state index in [1.165, 1.54) is 12.1 Å². The molecule has 0 bridgehead atoms. The van der Waals surface area contributed by atoms with E-state index in [1.807, 2.05) is 6.92 Å². The number of amides is 1. The van der Waals surface area contributed by atoms with E-state index in [4.69, 9.17) is 16.9 Å². The smallest absolute Gasteiger partial charge is 0.258 e. The maximum absolute atomic E-state index is 13.8. The van der Waals surface area contributed by atoms with E-state index in [9.17, 15) is 9.18 Å². The summed E-state index contributed by atoms with van der Waals surface area (Å²) in [6, 6.07) is 4.63. The molecule has 1 amide bonds. The third-order valence-electron chi connectivity index (χ3n) is 2.76. The van der Waals surface area contributed by atoms with E-state index in [0.717, 1.165) is 12.0 Å². The first-order valence-electron chi connectivity index (χ1n) is 6.43. The summed E-state index contributed by atoms with van der Waals surface area (Å²) >= 11 is 0. The van der Waals surface area contributed by atoms with Crippen LogP contribution in [0.4, 0.5) is 4.39 Å². The molecule has 0 heterocycles. The molecule has 0 saturated carbocycles. The summed E-state index contributed by atoms with van der Waals surface area (Å²) in [7, 11) is 0. The Kier molecular flexibility index (Phi) is 6.54. The van der Waals surface area contributed by atoms with Gasteiger partial charge in [-0.3, -0.25) is 4.79 Å². The molecule has 108 valence electrons. The number of carbonyl (C=O) groups is 1. The number of hydrogen-bond donors (Lipinski definition) is 2. The standard InChI is InChI=1S/C15H19FN2O2/c1-3-7-18-15(19)10-20-14-6-5-11(9-13(14)16)8-12(17)4-2/h1,5-6,9,12H,4,7-8,10,17H2,2H3,(H,18,19). The average molecular weight is 278 g/mol. The first kappa shape index (κ1) is 16.0. The molecule has 1 aromatic carbocycles. The van der Waals surface area contributed by atoms with Gasteiger partial charge < -0.3 is 15.8 Å². The van der Waals surface area contributed by atoms with E-state index in [1.54, 1.807) is 6.07 Å². The predicted octanol–water partition coefficient (Wildman–Crippen LogP) is 1.23. The molecular weight excluding hydrogens is 259 g/mol. The second-order valence-corrected chi connectivity index (χ2v) is 4.41. The van der Waals surface area contributed by atoms with Gasteiger partial charge in [0, 0.05) is 6.04 Å². The van der Waals surface area contributed by atoms with Crippen LogP contribution in [0.2, 0.25) is 0 Å². The number of ether oxygens (including phenoxy) is 1. The summed E-state index contributed by atoms with van der Waals surface area (Å²) < 4.78 is 18.9. The van der Waals surface area contributed by atoms with Crippen LogP contribution in [-0.2, 0) is 11.2 Å². The van der Waals surface area contributed by atoms with Crippen molar-refractivity contribution in [3.05, 3.63) is 29.6 Å². The molecule has 0 aliphatic rings. The molecule has 1 rings (SSSR count). The van der Waals surface area contributed by atoms with Crippen LogP contribution in [0.15, 0.2) is 18.2 Å². The highest BCUT2D eigenvalue weighted by Gasteiger charge is 2.09. The highest BCUT2D eigenvalue weighted by molar-refractivity contribution is 5.77. The molecule has 0 aliphatic carbocycles. The molecule has 5 heteroatoms. The van der Waals surface area contributed by atoms with E-state index in [0.29, 0.717) is 6.42 Å². The van der Waals surface area contributed by atoms with Crippen molar-refractivity contribution in [2.75, 3.05) is 13.2 Å². The number of terminal acetylenes is 1. The maximum Gasteiger partial charge on any atom is 0.258 e. The fraction of sp³-hybridized carbons (Fsp3) is 0.400. The molecule has 0 fully saturated rings. The zero-order valence-electron chi connectivity index (χ0n) is 11.5. The van der Waals surface area contributed by atoms with Gasteiger partial charge in [0.25, 0.3) is 5.91 Å². The number of nitrogens with one attached hydrogen (secondary N) is 1. The van der Waals surface area contributed by atoms with Crippen molar-refractivity contribution in [2.45, 2.75) is 25.8 Å². The molecule has 3 N–H and O–H groups in total. The van der Waals surface area contributed by atoms with Crippen molar-refractivity contribution < 1.29 is 13.9 Å². The Hall–Kier alpha value is -2.06. The first-order valence-corrected chi connectivity index (χ1v) is 6.43. The lowest BCUT2D eigenvalue weighted by atomic mass is 10.0. The number of nitrogens with two attached hydrogens (primary N) is 1. The van der Waals surface area contributed by atoms with Gasteiger partial charge in [0.1, 0.15) is 0 Å². The summed E-state index contributed by atoms with van der Waals surface area (Å²) in [4.78, 5) is 11.3. The number of halogens is 1. The van der Waals surface area contributed by atoms with Gasteiger partial charge in [-0.15, -0.1) is 6.42 Å². The third-order valence-corrected chi connectivity index (χ3v) is 2.76. The van der Waals surface area contributed by atoms with Crippen LogP contribution in [0.25, 0.3) is 0 Å². The van der Waals surface area contributed by atoms with Gasteiger partial charge >= 0.3 is 0 Å².